The first-order valence-corrected chi connectivity index (χ1v) is 13.5. The van der Waals surface area contributed by atoms with Gasteiger partial charge in [0.05, 0.1) is 35.4 Å². The van der Waals surface area contributed by atoms with E-state index in [1.165, 1.54) is 0 Å². The molecular formula is C23H32N4O3S. The van der Waals surface area contributed by atoms with Crippen LogP contribution in [0, 0.1) is 0 Å². The van der Waals surface area contributed by atoms with Crippen LogP contribution < -0.4 is 0 Å². The molecule has 0 radical (unpaired) electrons. The van der Waals surface area contributed by atoms with Crippen LogP contribution in [0.5, 0.6) is 0 Å². The van der Waals surface area contributed by atoms with Crippen LogP contribution in [0.15, 0.2) is 30.6 Å². The number of imidazole rings is 1. The van der Waals surface area contributed by atoms with E-state index in [9.17, 15) is 13.2 Å². The number of benzene rings is 1. The molecule has 1 aliphatic carbocycles. The lowest BCUT2D eigenvalue weighted by molar-refractivity contribution is -0.137. The van der Waals surface area contributed by atoms with Crippen LogP contribution in [0.4, 0.5) is 0 Å². The lowest BCUT2D eigenvalue weighted by atomic mass is 10.1. The Bertz CT molecular complexity index is 1040. The minimum atomic E-state index is -3.01. The molecule has 3 aliphatic rings. The molecule has 1 saturated carbocycles. The zero-order valence-corrected chi connectivity index (χ0v) is 18.8. The summed E-state index contributed by atoms with van der Waals surface area (Å²) in [5, 5.41) is 0. The fraction of sp³-hybridized carbons (Fsp3) is 0.652. The van der Waals surface area contributed by atoms with Crippen LogP contribution in [0.25, 0.3) is 11.0 Å². The van der Waals surface area contributed by atoms with Gasteiger partial charge in [0.15, 0.2) is 9.84 Å². The highest BCUT2D eigenvalue weighted by Gasteiger charge is 2.40. The van der Waals surface area contributed by atoms with Crippen molar-refractivity contribution in [3.05, 3.63) is 30.6 Å². The number of hydrogen-bond acceptors (Lipinski definition) is 5. The predicted molar refractivity (Wildman–Crippen MR) is 120 cm³/mol. The van der Waals surface area contributed by atoms with Crippen LogP contribution in [0.3, 0.4) is 0 Å². The Kier molecular flexibility index (Phi) is 5.77. The minimum absolute atomic E-state index is 0.122. The van der Waals surface area contributed by atoms with Crippen LogP contribution in [-0.4, -0.2) is 76.4 Å². The Hall–Kier alpha value is -1.93. The second kappa shape index (κ2) is 8.54. The normalized spacial score (nSPS) is 26.7. The molecule has 5 rings (SSSR count). The highest BCUT2D eigenvalue weighted by Crippen LogP contribution is 2.30. The maximum atomic E-state index is 13.5. The predicted octanol–water partition coefficient (Wildman–Crippen LogP) is 2.46. The van der Waals surface area contributed by atoms with E-state index < -0.39 is 9.84 Å². The van der Waals surface area contributed by atoms with Crippen LogP contribution in [0.1, 0.15) is 44.9 Å². The lowest BCUT2D eigenvalue weighted by Crippen LogP contribution is -2.51. The van der Waals surface area contributed by atoms with E-state index >= 15 is 0 Å². The molecule has 1 aromatic heterocycles. The van der Waals surface area contributed by atoms with E-state index in [2.05, 4.69) is 20.5 Å². The summed E-state index contributed by atoms with van der Waals surface area (Å²) in [6.07, 6.45) is 8.93. The van der Waals surface area contributed by atoms with Crippen molar-refractivity contribution in [2.45, 2.75) is 69.6 Å². The highest BCUT2D eigenvalue weighted by molar-refractivity contribution is 7.91. The number of hydrogen-bond donors (Lipinski definition) is 0. The van der Waals surface area contributed by atoms with Gasteiger partial charge in [0.1, 0.15) is 0 Å². The number of para-hydroxylation sites is 2. The summed E-state index contributed by atoms with van der Waals surface area (Å²) < 4.78 is 26.4. The van der Waals surface area contributed by atoms with Gasteiger partial charge in [-0.3, -0.25) is 9.69 Å². The summed E-state index contributed by atoms with van der Waals surface area (Å²) in [4.78, 5) is 22.3. The first-order valence-electron chi connectivity index (χ1n) is 11.7. The summed E-state index contributed by atoms with van der Waals surface area (Å²) in [6.45, 7) is 2.14. The fourth-order valence-electron chi connectivity index (χ4n) is 5.83. The van der Waals surface area contributed by atoms with Crippen molar-refractivity contribution in [1.82, 2.24) is 19.4 Å². The zero-order valence-electron chi connectivity index (χ0n) is 18.0. The molecule has 8 heteroatoms. The molecule has 3 heterocycles. The van der Waals surface area contributed by atoms with Gasteiger partial charge in [-0.25, -0.2) is 13.4 Å². The Morgan fingerprint density at radius 1 is 1.06 bits per heavy atom. The van der Waals surface area contributed by atoms with Gasteiger partial charge >= 0.3 is 0 Å². The number of fused-ring (bicyclic) bond motifs is 1. The first kappa shape index (κ1) is 20.9. The molecule has 0 N–H and O–H groups in total. The first-order chi connectivity index (χ1) is 15.0. The number of carbonyl (C=O) groups excluding carboxylic acids is 1. The number of amides is 1. The number of nitrogens with zero attached hydrogens (tertiary/aromatic N) is 4. The second-order valence-electron chi connectivity index (χ2n) is 9.45. The Balaban J connectivity index is 1.30. The third kappa shape index (κ3) is 4.37. The summed E-state index contributed by atoms with van der Waals surface area (Å²) in [6, 6.07) is 8.53. The molecule has 2 atom stereocenters. The van der Waals surface area contributed by atoms with Gasteiger partial charge in [0.25, 0.3) is 0 Å². The second-order valence-corrected chi connectivity index (χ2v) is 11.7. The summed E-state index contributed by atoms with van der Waals surface area (Å²) in [7, 11) is -3.01. The van der Waals surface area contributed by atoms with Crippen LogP contribution in [-0.2, 0) is 21.2 Å². The molecule has 1 amide bonds. The fourth-order valence-corrected chi connectivity index (χ4v) is 7.54. The van der Waals surface area contributed by atoms with Crippen molar-refractivity contribution < 1.29 is 13.2 Å². The van der Waals surface area contributed by atoms with E-state index in [0.29, 0.717) is 19.0 Å². The van der Waals surface area contributed by atoms with Gasteiger partial charge in [-0.05, 0) is 50.8 Å². The van der Waals surface area contributed by atoms with Crippen molar-refractivity contribution in [1.29, 1.82) is 0 Å². The molecule has 3 fully saturated rings. The average molecular weight is 445 g/mol. The Morgan fingerprint density at radius 2 is 1.87 bits per heavy atom. The Morgan fingerprint density at radius 3 is 2.65 bits per heavy atom. The SMILES string of the molecule is O=C(CN1CCC[C@H]1Cn1cnc2ccccc21)N(C1CCCC1)[C@H]1CCS(=O)(=O)C1. The number of sulfone groups is 1. The van der Waals surface area contributed by atoms with Gasteiger partial charge in [0.2, 0.25) is 5.91 Å². The third-order valence-corrected chi connectivity index (χ3v) is 9.13. The van der Waals surface area contributed by atoms with E-state index in [1.54, 1.807) is 0 Å². The topological polar surface area (TPSA) is 75.5 Å². The van der Waals surface area contributed by atoms with Gasteiger partial charge in [-0.1, -0.05) is 25.0 Å². The minimum Gasteiger partial charge on any atom is -0.335 e. The molecule has 2 saturated heterocycles. The highest BCUT2D eigenvalue weighted by atomic mass is 32.2. The number of rotatable bonds is 6. The maximum Gasteiger partial charge on any atom is 0.237 e. The largest absolute Gasteiger partial charge is 0.335 e. The van der Waals surface area contributed by atoms with E-state index in [0.717, 1.165) is 62.6 Å². The van der Waals surface area contributed by atoms with Crippen LogP contribution >= 0.6 is 0 Å². The standard InChI is InChI=1S/C23H32N4O3S/c28-23(27(18-6-1-2-7-18)20-11-13-31(29,30)16-20)15-25-12-5-8-19(25)14-26-17-24-21-9-3-4-10-22(21)26/h3-4,9-10,17-20H,1-2,5-8,11-16H2/t19-,20-/m0/s1. The molecule has 31 heavy (non-hydrogen) atoms. The smallest absolute Gasteiger partial charge is 0.237 e. The van der Waals surface area contributed by atoms with Crippen molar-refractivity contribution >= 4 is 26.8 Å². The average Bonchev–Trinajstić information content (AvgIpc) is 3.53. The van der Waals surface area contributed by atoms with Gasteiger partial charge < -0.3 is 9.47 Å². The molecule has 0 unspecified atom stereocenters. The monoisotopic (exact) mass is 444 g/mol. The molecule has 168 valence electrons. The van der Waals surface area contributed by atoms with Crippen molar-refractivity contribution in [3.63, 3.8) is 0 Å². The number of aromatic nitrogens is 2. The van der Waals surface area contributed by atoms with Crippen molar-refractivity contribution in [3.8, 4) is 0 Å². The van der Waals surface area contributed by atoms with Crippen molar-refractivity contribution in [2.24, 2.45) is 0 Å². The third-order valence-electron chi connectivity index (χ3n) is 7.38. The molecule has 1 aromatic carbocycles. The summed E-state index contributed by atoms with van der Waals surface area (Å²) >= 11 is 0. The molecule has 7 nitrogen and oxygen atoms in total. The van der Waals surface area contributed by atoms with E-state index in [4.69, 9.17) is 0 Å². The van der Waals surface area contributed by atoms with E-state index in [-0.39, 0.29) is 29.5 Å². The quantitative estimate of drug-likeness (QED) is 0.684. The molecule has 2 aliphatic heterocycles. The molecule has 2 aromatic rings. The van der Waals surface area contributed by atoms with Gasteiger partial charge in [-0.15, -0.1) is 0 Å². The Labute approximate surface area is 184 Å². The van der Waals surface area contributed by atoms with Gasteiger partial charge in [0, 0.05) is 24.7 Å². The lowest BCUT2D eigenvalue weighted by Gasteiger charge is -2.36. The van der Waals surface area contributed by atoms with Crippen LogP contribution in [0.2, 0.25) is 0 Å². The summed E-state index contributed by atoms with van der Waals surface area (Å²) in [5.41, 5.74) is 2.13. The van der Waals surface area contributed by atoms with Gasteiger partial charge in [-0.2, -0.15) is 0 Å². The zero-order chi connectivity index (χ0) is 21.4. The number of carbonyl (C=O) groups is 1. The molecule has 0 bridgehead atoms. The summed E-state index contributed by atoms with van der Waals surface area (Å²) in [5.74, 6) is 0.477. The van der Waals surface area contributed by atoms with Crippen molar-refractivity contribution in [2.75, 3.05) is 24.6 Å². The molecule has 0 spiro atoms. The molecular weight excluding hydrogens is 412 g/mol. The van der Waals surface area contributed by atoms with E-state index in [1.807, 2.05) is 29.4 Å². The number of likely N-dealkylation sites (tertiary alicyclic amines) is 1. The maximum absolute atomic E-state index is 13.5.